The van der Waals surface area contributed by atoms with Crippen LogP contribution in [0.5, 0.6) is 0 Å². The monoisotopic (exact) mass is 391 g/mol. The molecule has 3 aromatic carbocycles. The summed E-state index contributed by atoms with van der Waals surface area (Å²) in [6.07, 6.45) is 0. The van der Waals surface area contributed by atoms with Crippen LogP contribution < -0.4 is 4.90 Å². The Kier molecular flexibility index (Phi) is 6.34. The molecular weight excluding hydrogens is 369 g/mol. The van der Waals surface area contributed by atoms with Crippen LogP contribution in [0.2, 0.25) is 0 Å². The van der Waals surface area contributed by atoms with E-state index in [-0.39, 0.29) is 0 Å². The van der Waals surface area contributed by atoms with Gasteiger partial charge in [0.25, 0.3) is 0 Å². The van der Waals surface area contributed by atoms with Crippen molar-refractivity contribution in [1.29, 1.82) is 0 Å². The average Bonchev–Trinajstić information content (AvgIpc) is 2.73. The molecule has 0 amide bonds. The van der Waals surface area contributed by atoms with E-state index in [0.717, 1.165) is 5.69 Å². The summed E-state index contributed by atoms with van der Waals surface area (Å²) in [4.78, 5) is 13.7. The van der Waals surface area contributed by atoms with E-state index in [2.05, 4.69) is 10.2 Å². The van der Waals surface area contributed by atoms with Gasteiger partial charge in [-0.05, 0) is 61.0 Å². The zero-order valence-corrected chi connectivity index (χ0v) is 16.6. The number of ether oxygens (including phenoxy) is 1. The zero-order chi connectivity index (χ0) is 20.8. The Morgan fingerprint density at radius 3 is 2.14 bits per heavy atom. The quantitative estimate of drug-likeness (QED) is 0.374. The van der Waals surface area contributed by atoms with Crippen LogP contribution in [0.4, 0.5) is 21.5 Å². The molecule has 3 aromatic rings. The number of rotatable bonds is 6. The number of nitrogens with zero attached hydrogens (tertiary/aromatic N) is 3. The number of azo groups is 1. The van der Waals surface area contributed by atoms with Crippen LogP contribution in [0, 0.1) is 5.82 Å². The van der Waals surface area contributed by atoms with Crippen molar-refractivity contribution in [3.8, 4) is 11.1 Å². The summed E-state index contributed by atoms with van der Waals surface area (Å²) in [5.41, 5.74) is 3.70. The third-order valence-corrected chi connectivity index (χ3v) is 4.31. The number of anilines is 1. The van der Waals surface area contributed by atoms with Crippen molar-refractivity contribution >= 4 is 23.0 Å². The lowest BCUT2D eigenvalue weighted by atomic mass is 10.0. The van der Waals surface area contributed by atoms with E-state index < -0.39 is 11.8 Å². The van der Waals surface area contributed by atoms with Crippen LogP contribution >= 0.6 is 0 Å². The van der Waals surface area contributed by atoms with Crippen LogP contribution in [-0.2, 0) is 4.74 Å². The van der Waals surface area contributed by atoms with Crippen molar-refractivity contribution in [3.63, 3.8) is 0 Å². The van der Waals surface area contributed by atoms with Gasteiger partial charge in [0.1, 0.15) is 5.82 Å². The second-order valence-electron chi connectivity index (χ2n) is 6.57. The van der Waals surface area contributed by atoms with Gasteiger partial charge >= 0.3 is 5.97 Å². The molecule has 0 aliphatic rings. The number of benzene rings is 3. The Labute approximate surface area is 169 Å². The first kappa shape index (κ1) is 20.2. The van der Waals surface area contributed by atoms with Gasteiger partial charge in [-0.2, -0.15) is 10.2 Å². The Morgan fingerprint density at radius 1 is 0.931 bits per heavy atom. The molecule has 5 nitrogen and oxygen atoms in total. The van der Waals surface area contributed by atoms with Gasteiger partial charge in [-0.1, -0.05) is 12.1 Å². The van der Waals surface area contributed by atoms with Crippen LogP contribution in [0.3, 0.4) is 0 Å². The van der Waals surface area contributed by atoms with E-state index in [9.17, 15) is 9.18 Å². The SMILES string of the molecule is CCOC(=O)c1ccc(-c2ccc(/N=N/c3ccc(N(C)C)cc3)cc2F)cc1. The summed E-state index contributed by atoms with van der Waals surface area (Å²) in [5, 5.41) is 8.27. The topological polar surface area (TPSA) is 54.3 Å². The average molecular weight is 391 g/mol. The molecule has 0 atom stereocenters. The van der Waals surface area contributed by atoms with Crippen LogP contribution in [-0.4, -0.2) is 26.7 Å². The maximum Gasteiger partial charge on any atom is 0.338 e. The first-order chi connectivity index (χ1) is 14.0. The van der Waals surface area contributed by atoms with Gasteiger partial charge in [-0.3, -0.25) is 0 Å². The molecule has 0 saturated heterocycles. The lowest BCUT2D eigenvalue weighted by Crippen LogP contribution is -2.07. The van der Waals surface area contributed by atoms with Gasteiger partial charge in [0.15, 0.2) is 0 Å². The van der Waals surface area contributed by atoms with Crippen LogP contribution in [0.15, 0.2) is 77.0 Å². The zero-order valence-electron chi connectivity index (χ0n) is 16.6. The van der Waals surface area contributed by atoms with Crippen molar-refractivity contribution in [2.45, 2.75) is 6.92 Å². The van der Waals surface area contributed by atoms with Gasteiger partial charge in [0.2, 0.25) is 0 Å². The van der Waals surface area contributed by atoms with E-state index >= 15 is 0 Å². The summed E-state index contributed by atoms with van der Waals surface area (Å²) < 4.78 is 19.5. The van der Waals surface area contributed by atoms with E-state index in [1.165, 1.54) is 6.07 Å². The van der Waals surface area contributed by atoms with Crippen molar-refractivity contribution in [2.75, 3.05) is 25.6 Å². The molecule has 0 saturated carbocycles. The van der Waals surface area contributed by atoms with Gasteiger partial charge in [0.05, 0.1) is 23.5 Å². The molecule has 0 N–H and O–H groups in total. The molecule has 0 unspecified atom stereocenters. The van der Waals surface area contributed by atoms with E-state index in [1.807, 2.05) is 43.3 Å². The normalized spacial score (nSPS) is 10.9. The first-order valence-electron chi connectivity index (χ1n) is 9.24. The van der Waals surface area contributed by atoms with E-state index in [1.54, 1.807) is 43.3 Å². The highest BCUT2D eigenvalue weighted by Crippen LogP contribution is 2.28. The molecule has 0 fully saturated rings. The Balaban J connectivity index is 1.75. The second kappa shape index (κ2) is 9.10. The van der Waals surface area contributed by atoms with E-state index in [0.29, 0.717) is 34.7 Å². The molecule has 0 radical (unpaired) electrons. The van der Waals surface area contributed by atoms with Crippen LogP contribution in [0.1, 0.15) is 17.3 Å². The summed E-state index contributed by atoms with van der Waals surface area (Å²) in [6, 6.07) is 18.9. The van der Waals surface area contributed by atoms with Gasteiger partial charge < -0.3 is 9.64 Å². The highest BCUT2D eigenvalue weighted by molar-refractivity contribution is 5.90. The number of esters is 1. The third-order valence-electron chi connectivity index (χ3n) is 4.31. The fourth-order valence-electron chi connectivity index (χ4n) is 2.73. The summed E-state index contributed by atoms with van der Waals surface area (Å²) in [5.74, 6) is -0.804. The molecule has 0 aromatic heterocycles. The molecule has 0 heterocycles. The highest BCUT2D eigenvalue weighted by Gasteiger charge is 2.09. The Bertz CT molecular complexity index is 1010. The molecule has 29 heavy (non-hydrogen) atoms. The van der Waals surface area contributed by atoms with Crippen molar-refractivity contribution in [3.05, 3.63) is 78.1 Å². The molecule has 0 spiro atoms. The largest absolute Gasteiger partial charge is 0.462 e. The highest BCUT2D eigenvalue weighted by atomic mass is 19.1. The lowest BCUT2D eigenvalue weighted by molar-refractivity contribution is 0.0526. The molecule has 0 aliphatic carbocycles. The smallest absolute Gasteiger partial charge is 0.338 e. The van der Waals surface area contributed by atoms with Crippen molar-refractivity contribution in [2.24, 2.45) is 10.2 Å². The predicted octanol–water partition coefficient (Wildman–Crippen LogP) is 6.15. The number of halogens is 1. The Morgan fingerprint density at radius 2 is 1.55 bits per heavy atom. The molecule has 3 rings (SSSR count). The molecule has 6 heteroatoms. The van der Waals surface area contributed by atoms with Crippen LogP contribution in [0.25, 0.3) is 11.1 Å². The predicted molar refractivity (Wildman–Crippen MR) is 113 cm³/mol. The summed E-state index contributed by atoms with van der Waals surface area (Å²) in [7, 11) is 3.93. The van der Waals surface area contributed by atoms with Crippen molar-refractivity contribution in [1.82, 2.24) is 0 Å². The van der Waals surface area contributed by atoms with Crippen molar-refractivity contribution < 1.29 is 13.9 Å². The standard InChI is InChI=1S/C23H22FN3O2/c1-4-29-23(28)17-7-5-16(6-8-17)21-14-11-19(15-22(21)24)26-25-18-9-12-20(13-10-18)27(2)3/h5-15H,4H2,1-3H3/b26-25+. The second-order valence-corrected chi connectivity index (χ2v) is 6.57. The van der Waals surface area contributed by atoms with Gasteiger partial charge in [0, 0.05) is 31.4 Å². The van der Waals surface area contributed by atoms with E-state index in [4.69, 9.17) is 4.74 Å². The lowest BCUT2D eigenvalue weighted by Gasteiger charge is -2.11. The number of carbonyl (C=O) groups excluding carboxylic acids is 1. The minimum absolute atomic E-state index is 0.311. The number of hydrogen-bond donors (Lipinski definition) is 0. The molecular formula is C23H22FN3O2. The fourth-order valence-corrected chi connectivity index (χ4v) is 2.73. The fraction of sp³-hybridized carbons (Fsp3) is 0.174. The van der Waals surface area contributed by atoms with Gasteiger partial charge in [-0.25, -0.2) is 9.18 Å². The number of carbonyl (C=O) groups is 1. The molecule has 148 valence electrons. The molecule has 0 bridgehead atoms. The maximum absolute atomic E-state index is 14.6. The Hall–Kier alpha value is -3.54. The van der Waals surface area contributed by atoms with Gasteiger partial charge in [-0.15, -0.1) is 0 Å². The summed E-state index contributed by atoms with van der Waals surface area (Å²) >= 11 is 0. The third kappa shape index (κ3) is 5.04. The molecule has 0 aliphatic heterocycles. The summed E-state index contributed by atoms with van der Waals surface area (Å²) in [6.45, 7) is 2.06. The minimum atomic E-state index is -0.409. The number of hydrogen-bond acceptors (Lipinski definition) is 5. The first-order valence-corrected chi connectivity index (χ1v) is 9.24. The minimum Gasteiger partial charge on any atom is -0.462 e. The maximum atomic E-state index is 14.6.